The van der Waals surface area contributed by atoms with Crippen molar-refractivity contribution < 1.29 is 5.11 Å². The van der Waals surface area contributed by atoms with Gasteiger partial charge < -0.3 is 10.0 Å². The Labute approximate surface area is 91.8 Å². The molecule has 84 valence electrons. The monoisotopic (exact) mass is 208 g/mol. The number of aromatic nitrogens is 1. The molecule has 0 fully saturated rings. The number of hydrogen-bond acceptors (Lipinski definition) is 3. The van der Waals surface area contributed by atoms with Crippen molar-refractivity contribution in [1.82, 2.24) is 9.88 Å². The Balaban J connectivity index is 2.21. The largest absolute Gasteiger partial charge is 0.393 e. The van der Waals surface area contributed by atoms with E-state index in [1.165, 1.54) is 0 Å². The van der Waals surface area contributed by atoms with Gasteiger partial charge in [-0.05, 0) is 45.5 Å². The SMILES string of the molecule is CC(O)CCCN(C)Cc1ccccn1. The summed E-state index contributed by atoms with van der Waals surface area (Å²) in [4.78, 5) is 6.50. The molecular formula is C12H20N2O. The van der Waals surface area contributed by atoms with Crippen LogP contribution in [0.3, 0.4) is 0 Å². The van der Waals surface area contributed by atoms with Gasteiger partial charge >= 0.3 is 0 Å². The number of aliphatic hydroxyl groups is 1. The maximum absolute atomic E-state index is 9.12. The molecule has 0 bridgehead atoms. The van der Waals surface area contributed by atoms with Crippen LogP contribution in [0.15, 0.2) is 24.4 Å². The van der Waals surface area contributed by atoms with Gasteiger partial charge in [-0.15, -0.1) is 0 Å². The molecule has 0 aromatic carbocycles. The molecule has 0 aliphatic carbocycles. The van der Waals surface area contributed by atoms with Crippen LogP contribution in [-0.4, -0.2) is 34.7 Å². The molecule has 1 rings (SSSR count). The number of hydrogen-bond donors (Lipinski definition) is 1. The van der Waals surface area contributed by atoms with Crippen LogP contribution in [0.4, 0.5) is 0 Å². The van der Waals surface area contributed by atoms with Gasteiger partial charge in [-0.3, -0.25) is 4.98 Å². The number of nitrogens with zero attached hydrogens (tertiary/aromatic N) is 2. The average molecular weight is 208 g/mol. The van der Waals surface area contributed by atoms with Crippen molar-refractivity contribution in [2.24, 2.45) is 0 Å². The number of aliphatic hydroxyl groups excluding tert-OH is 1. The third-order valence-electron chi connectivity index (χ3n) is 2.32. The lowest BCUT2D eigenvalue weighted by Crippen LogP contribution is -2.20. The minimum Gasteiger partial charge on any atom is -0.393 e. The Morgan fingerprint density at radius 3 is 2.87 bits per heavy atom. The highest BCUT2D eigenvalue weighted by atomic mass is 16.3. The molecule has 0 spiro atoms. The summed E-state index contributed by atoms with van der Waals surface area (Å²) in [5.41, 5.74) is 1.09. The first-order valence-electron chi connectivity index (χ1n) is 5.45. The zero-order valence-corrected chi connectivity index (χ0v) is 9.56. The second kappa shape index (κ2) is 6.53. The van der Waals surface area contributed by atoms with Gasteiger partial charge in [0.1, 0.15) is 0 Å². The van der Waals surface area contributed by atoms with Crippen LogP contribution in [0.1, 0.15) is 25.5 Å². The third-order valence-corrected chi connectivity index (χ3v) is 2.32. The summed E-state index contributed by atoms with van der Waals surface area (Å²) in [6.07, 6.45) is 3.53. The van der Waals surface area contributed by atoms with Crippen LogP contribution in [0.5, 0.6) is 0 Å². The average Bonchev–Trinajstić information content (AvgIpc) is 2.18. The summed E-state index contributed by atoms with van der Waals surface area (Å²) in [6.45, 7) is 3.71. The zero-order valence-electron chi connectivity index (χ0n) is 9.56. The maximum atomic E-state index is 9.12. The second-order valence-corrected chi connectivity index (χ2v) is 4.05. The van der Waals surface area contributed by atoms with Crippen LogP contribution in [0, 0.1) is 0 Å². The summed E-state index contributed by atoms with van der Waals surface area (Å²) in [6, 6.07) is 5.97. The van der Waals surface area contributed by atoms with Crippen molar-refractivity contribution in [3.05, 3.63) is 30.1 Å². The van der Waals surface area contributed by atoms with E-state index in [1.54, 1.807) is 0 Å². The normalized spacial score (nSPS) is 13.1. The predicted molar refractivity (Wildman–Crippen MR) is 61.5 cm³/mol. The van der Waals surface area contributed by atoms with Gasteiger partial charge in [-0.25, -0.2) is 0 Å². The van der Waals surface area contributed by atoms with Gasteiger partial charge in [0.15, 0.2) is 0 Å². The lowest BCUT2D eigenvalue weighted by molar-refractivity contribution is 0.173. The van der Waals surface area contributed by atoms with Crippen LogP contribution in [0.2, 0.25) is 0 Å². The molecule has 3 nitrogen and oxygen atoms in total. The molecule has 0 amide bonds. The fourth-order valence-electron chi connectivity index (χ4n) is 1.50. The van der Waals surface area contributed by atoms with Gasteiger partial charge in [-0.2, -0.15) is 0 Å². The Kier molecular flexibility index (Phi) is 5.29. The number of rotatable bonds is 6. The number of pyridine rings is 1. The van der Waals surface area contributed by atoms with E-state index in [0.717, 1.165) is 31.6 Å². The van der Waals surface area contributed by atoms with Crippen molar-refractivity contribution in [2.45, 2.75) is 32.4 Å². The Morgan fingerprint density at radius 2 is 2.27 bits per heavy atom. The molecule has 1 heterocycles. The minimum atomic E-state index is -0.187. The molecule has 0 radical (unpaired) electrons. The Bertz CT molecular complexity index is 262. The third kappa shape index (κ3) is 5.50. The first kappa shape index (κ1) is 12.1. The lowest BCUT2D eigenvalue weighted by Gasteiger charge is -2.16. The van der Waals surface area contributed by atoms with Gasteiger partial charge in [0.2, 0.25) is 0 Å². The van der Waals surface area contributed by atoms with E-state index in [-0.39, 0.29) is 6.10 Å². The Morgan fingerprint density at radius 1 is 1.47 bits per heavy atom. The minimum absolute atomic E-state index is 0.187. The molecule has 1 aromatic heterocycles. The summed E-state index contributed by atoms with van der Waals surface area (Å²) >= 11 is 0. The van der Waals surface area contributed by atoms with E-state index < -0.39 is 0 Å². The summed E-state index contributed by atoms with van der Waals surface area (Å²) in [5, 5.41) is 9.12. The lowest BCUT2D eigenvalue weighted by atomic mass is 10.2. The van der Waals surface area contributed by atoms with Crippen LogP contribution in [-0.2, 0) is 6.54 Å². The fraction of sp³-hybridized carbons (Fsp3) is 0.583. The van der Waals surface area contributed by atoms with Gasteiger partial charge in [0, 0.05) is 12.7 Å². The molecule has 0 aliphatic rings. The Hall–Kier alpha value is -0.930. The highest BCUT2D eigenvalue weighted by molar-refractivity contribution is 5.02. The zero-order chi connectivity index (χ0) is 11.1. The summed E-state index contributed by atoms with van der Waals surface area (Å²) < 4.78 is 0. The first-order valence-corrected chi connectivity index (χ1v) is 5.45. The highest BCUT2D eigenvalue weighted by Gasteiger charge is 2.02. The quantitative estimate of drug-likeness (QED) is 0.772. The molecule has 1 atom stereocenters. The first-order chi connectivity index (χ1) is 7.18. The van der Waals surface area contributed by atoms with Crippen LogP contribution >= 0.6 is 0 Å². The summed E-state index contributed by atoms with van der Waals surface area (Å²) in [5.74, 6) is 0. The second-order valence-electron chi connectivity index (χ2n) is 4.05. The van der Waals surface area contributed by atoms with Gasteiger partial charge in [0.05, 0.1) is 11.8 Å². The van der Waals surface area contributed by atoms with Crippen molar-refractivity contribution in [2.75, 3.05) is 13.6 Å². The molecule has 0 saturated carbocycles. The molecule has 15 heavy (non-hydrogen) atoms. The van der Waals surface area contributed by atoms with Crippen molar-refractivity contribution in [3.8, 4) is 0 Å². The van der Waals surface area contributed by atoms with Crippen molar-refractivity contribution in [3.63, 3.8) is 0 Å². The highest BCUT2D eigenvalue weighted by Crippen LogP contribution is 2.02. The maximum Gasteiger partial charge on any atom is 0.0543 e. The molecule has 0 saturated heterocycles. The molecule has 1 aromatic rings. The van der Waals surface area contributed by atoms with Gasteiger partial charge in [0.25, 0.3) is 0 Å². The molecule has 1 unspecified atom stereocenters. The topological polar surface area (TPSA) is 36.4 Å². The van der Waals surface area contributed by atoms with E-state index in [1.807, 2.05) is 31.3 Å². The van der Waals surface area contributed by atoms with E-state index in [4.69, 9.17) is 5.11 Å². The van der Waals surface area contributed by atoms with E-state index in [2.05, 4.69) is 16.9 Å². The molecule has 0 aliphatic heterocycles. The molecule has 3 heteroatoms. The van der Waals surface area contributed by atoms with Gasteiger partial charge in [-0.1, -0.05) is 6.07 Å². The summed E-state index contributed by atoms with van der Waals surface area (Å²) in [7, 11) is 2.08. The van der Waals surface area contributed by atoms with Crippen molar-refractivity contribution in [1.29, 1.82) is 0 Å². The molecular weight excluding hydrogens is 188 g/mol. The molecule has 1 N–H and O–H groups in total. The predicted octanol–water partition coefficient (Wildman–Crippen LogP) is 1.67. The fourth-order valence-corrected chi connectivity index (χ4v) is 1.50. The smallest absolute Gasteiger partial charge is 0.0543 e. The van der Waals surface area contributed by atoms with E-state index >= 15 is 0 Å². The van der Waals surface area contributed by atoms with Crippen LogP contribution in [0.25, 0.3) is 0 Å². The van der Waals surface area contributed by atoms with E-state index in [9.17, 15) is 0 Å². The standard InChI is InChI=1S/C12H20N2O/c1-11(15)6-5-9-14(2)10-12-7-3-4-8-13-12/h3-4,7-8,11,15H,5-6,9-10H2,1-2H3. The van der Waals surface area contributed by atoms with Crippen LogP contribution < -0.4 is 0 Å². The van der Waals surface area contributed by atoms with Crippen molar-refractivity contribution >= 4 is 0 Å². The van der Waals surface area contributed by atoms with E-state index in [0.29, 0.717) is 0 Å².